The number of anilines is 1. The lowest BCUT2D eigenvalue weighted by atomic mass is 10.1. The molecule has 0 amide bonds. The predicted molar refractivity (Wildman–Crippen MR) is 78.5 cm³/mol. The number of hydrogen-bond acceptors (Lipinski definition) is 2. The standard InChI is InChI=1S/C16H13F3N2O/c17-16(18,19)11-4-6-12(7-5-11)22-9-10-8-21-15-13(10)2-1-3-14(15)20/h1-8,21H,9,20H2. The summed E-state index contributed by atoms with van der Waals surface area (Å²) in [4.78, 5) is 3.07. The first kappa shape index (κ1) is 14.3. The maximum Gasteiger partial charge on any atom is 0.416 e. The molecule has 22 heavy (non-hydrogen) atoms. The number of fused-ring (bicyclic) bond motifs is 1. The van der Waals surface area contributed by atoms with Crippen LogP contribution in [0.2, 0.25) is 0 Å². The van der Waals surface area contributed by atoms with Crippen molar-refractivity contribution in [2.24, 2.45) is 0 Å². The van der Waals surface area contributed by atoms with Crippen molar-refractivity contribution in [3.05, 3.63) is 59.8 Å². The highest BCUT2D eigenvalue weighted by Crippen LogP contribution is 2.30. The van der Waals surface area contributed by atoms with Crippen molar-refractivity contribution in [3.63, 3.8) is 0 Å². The van der Waals surface area contributed by atoms with Crippen LogP contribution in [0.1, 0.15) is 11.1 Å². The van der Waals surface area contributed by atoms with E-state index in [4.69, 9.17) is 10.5 Å². The number of nitrogens with two attached hydrogens (primary N) is 1. The number of halogens is 3. The van der Waals surface area contributed by atoms with E-state index in [1.54, 1.807) is 12.3 Å². The first-order valence-corrected chi connectivity index (χ1v) is 6.59. The minimum absolute atomic E-state index is 0.245. The molecular formula is C16H13F3N2O. The largest absolute Gasteiger partial charge is 0.489 e. The smallest absolute Gasteiger partial charge is 0.416 e. The Morgan fingerprint density at radius 1 is 1.05 bits per heavy atom. The van der Waals surface area contributed by atoms with Gasteiger partial charge in [-0.05, 0) is 30.3 Å². The fourth-order valence-corrected chi connectivity index (χ4v) is 2.26. The highest BCUT2D eigenvalue weighted by atomic mass is 19.4. The molecule has 3 nitrogen and oxygen atoms in total. The Balaban J connectivity index is 1.75. The summed E-state index contributed by atoms with van der Waals surface area (Å²) in [6.07, 6.45) is -2.56. The summed E-state index contributed by atoms with van der Waals surface area (Å²) in [6, 6.07) is 10.2. The minimum Gasteiger partial charge on any atom is -0.489 e. The summed E-state index contributed by atoms with van der Waals surface area (Å²) in [5.74, 6) is 0.381. The second-order valence-corrected chi connectivity index (χ2v) is 4.89. The fraction of sp³-hybridized carbons (Fsp3) is 0.125. The summed E-state index contributed by atoms with van der Waals surface area (Å²) in [7, 11) is 0. The first-order valence-electron chi connectivity index (χ1n) is 6.59. The number of hydrogen-bond donors (Lipinski definition) is 2. The molecule has 1 heterocycles. The third-order valence-corrected chi connectivity index (χ3v) is 3.41. The number of aromatic nitrogens is 1. The average Bonchev–Trinajstić information content (AvgIpc) is 2.89. The van der Waals surface area contributed by atoms with Crippen molar-refractivity contribution in [2.45, 2.75) is 12.8 Å². The Labute approximate surface area is 124 Å². The summed E-state index contributed by atoms with van der Waals surface area (Å²) in [5, 5.41) is 0.937. The van der Waals surface area contributed by atoms with Crippen LogP contribution in [0.3, 0.4) is 0 Å². The number of H-pyrrole nitrogens is 1. The molecule has 3 rings (SSSR count). The maximum absolute atomic E-state index is 12.5. The van der Waals surface area contributed by atoms with Crippen molar-refractivity contribution in [1.29, 1.82) is 0 Å². The number of benzene rings is 2. The Hall–Kier alpha value is -2.63. The Kier molecular flexibility index (Phi) is 3.44. The van der Waals surface area contributed by atoms with Crippen LogP contribution in [-0.4, -0.2) is 4.98 Å². The van der Waals surface area contributed by atoms with Crippen LogP contribution in [-0.2, 0) is 12.8 Å². The monoisotopic (exact) mass is 306 g/mol. The molecule has 0 saturated carbocycles. The molecule has 2 aromatic carbocycles. The number of nitrogen functional groups attached to an aromatic ring is 1. The van der Waals surface area contributed by atoms with Gasteiger partial charge in [-0.15, -0.1) is 0 Å². The lowest BCUT2D eigenvalue weighted by Gasteiger charge is -2.09. The van der Waals surface area contributed by atoms with Gasteiger partial charge < -0.3 is 15.5 Å². The number of nitrogens with one attached hydrogen (secondary N) is 1. The number of ether oxygens (including phenoxy) is 1. The zero-order valence-electron chi connectivity index (χ0n) is 11.4. The molecule has 1 aromatic heterocycles. The third kappa shape index (κ3) is 2.72. The van der Waals surface area contributed by atoms with E-state index in [0.29, 0.717) is 11.4 Å². The molecule has 0 bridgehead atoms. The zero-order chi connectivity index (χ0) is 15.7. The normalized spacial score (nSPS) is 11.8. The second kappa shape index (κ2) is 5.29. The third-order valence-electron chi connectivity index (χ3n) is 3.41. The first-order chi connectivity index (χ1) is 10.4. The summed E-state index contributed by atoms with van der Waals surface area (Å²) >= 11 is 0. The highest BCUT2D eigenvalue weighted by Gasteiger charge is 2.30. The molecule has 0 aliphatic heterocycles. The lowest BCUT2D eigenvalue weighted by Crippen LogP contribution is -2.04. The van der Waals surface area contributed by atoms with Gasteiger partial charge in [-0.1, -0.05) is 12.1 Å². The number of aromatic amines is 1. The van der Waals surface area contributed by atoms with Gasteiger partial charge in [0.15, 0.2) is 0 Å². The van der Waals surface area contributed by atoms with Gasteiger partial charge in [0.1, 0.15) is 12.4 Å². The maximum atomic E-state index is 12.5. The van der Waals surface area contributed by atoms with Crippen molar-refractivity contribution < 1.29 is 17.9 Å². The van der Waals surface area contributed by atoms with Gasteiger partial charge in [-0.25, -0.2) is 0 Å². The van der Waals surface area contributed by atoms with Gasteiger partial charge in [0.05, 0.1) is 16.8 Å². The molecule has 114 valence electrons. The molecule has 0 fully saturated rings. The lowest BCUT2D eigenvalue weighted by molar-refractivity contribution is -0.137. The number of rotatable bonds is 3. The van der Waals surface area contributed by atoms with Gasteiger partial charge in [0.2, 0.25) is 0 Å². The van der Waals surface area contributed by atoms with Crippen LogP contribution in [0.15, 0.2) is 48.7 Å². The average molecular weight is 306 g/mol. The number of para-hydroxylation sites is 1. The predicted octanol–water partition coefficient (Wildman–Crippen LogP) is 4.35. The highest BCUT2D eigenvalue weighted by molar-refractivity contribution is 5.92. The fourth-order valence-electron chi connectivity index (χ4n) is 2.26. The summed E-state index contributed by atoms with van der Waals surface area (Å²) < 4.78 is 43.0. The SMILES string of the molecule is Nc1cccc2c(COc3ccc(C(F)(F)F)cc3)c[nH]c12. The van der Waals surface area contributed by atoms with Crippen LogP contribution in [0.4, 0.5) is 18.9 Å². The van der Waals surface area contributed by atoms with Crippen LogP contribution < -0.4 is 10.5 Å². The van der Waals surface area contributed by atoms with E-state index in [2.05, 4.69) is 4.98 Å². The van der Waals surface area contributed by atoms with Gasteiger partial charge in [-0.3, -0.25) is 0 Å². The van der Waals surface area contributed by atoms with Crippen LogP contribution in [0, 0.1) is 0 Å². The quantitative estimate of drug-likeness (QED) is 0.707. The molecule has 0 spiro atoms. The summed E-state index contributed by atoms with van der Waals surface area (Å²) in [5.41, 5.74) is 7.52. The van der Waals surface area contributed by atoms with Crippen molar-refractivity contribution in [1.82, 2.24) is 4.98 Å². The molecule has 0 unspecified atom stereocenters. The van der Waals surface area contributed by atoms with Crippen molar-refractivity contribution >= 4 is 16.6 Å². The Morgan fingerprint density at radius 3 is 2.45 bits per heavy atom. The molecule has 0 atom stereocenters. The molecule has 0 aliphatic carbocycles. The van der Waals surface area contributed by atoms with E-state index in [1.807, 2.05) is 12.1 Å². The zero-order valence-corrected chi connectivity index (χ0v) is 11.4. The topological polar surface area (TPSA) is 51.0 Å². The van der Waals surface area contributed by atoms with E-state index in [0.717, 1.165) is 28.6 Å². The van der Waals surface area contributed by atoms with E-state index in [-0.39, 0.29) is 6.61 Å². The van der Waals surface area contributed by atoms with E-state index >= 15 is 0 Å². The van der Waals surface area contributed by atoms with E-state index in [9.17, 15) is 13.2 Å². The molecule has 0 aliphatic rings. The molecule has 0 saturated heterocycles. The van der Waals surface area contributed by atoms with E-state index < -0.39 is 11.7 Å². The second-order valence-electron chi connectivity index (χ2n) is 4.89. The van der Waals surface area contributed by atoms with Gasteiger partial charge in [0.25, 0.3) is 0 Å². The van der Waals surface area contributed by atoms with Crippen LogP contribution >= 0.6 is 0 Å². The number of alkyl halides is 3. The van der Waals surface area contributed by atoms with Gasteiger partial charge >= 0.3 is 6.18 Å². The molecule has 3 aromatic rings. The molecular weight excluding hydrogens is 293 g/mol. The molecule has 3 N–H and O–H groups in total. The van der Waals surface area contributed by atoms with Crippen molar-refractivity contribution in [3.8, 4) is 5.75 Å². The molecule has 0 radical (unpaired) electrons. The van der Waals surface area contributed by atoms with Crippen LogP contribution in [0.5, 0.6) is 5.75 Å². The Bertz CT molecular complexity index is 791. The van der Waals surface area contributed by atoms with Gasteiger partial charge in [0, 0.05) is 17.1 Å². The Morgan fingerprint density at radius 2 is 1.77 bits per heavy atom. The summed E-state index contributed by atoms with van der Waals surface area (Å²) in [6.45, 7) is 0.245. The molecule has 6 heteroatoms. The minimum atomic E-state index is -4.34. The van der Waals surface area contributed by atoms with E-state index in [1.165, 1.54) is 12.1 Å². The van der Waals surface area contributed by atoms with Crippen LogP contribution in [0.25, 0.3) is 10.9 Å². The van der Waals surface area contributed by atoms with Crippen molar-refractivity contribution in [2.75, 3.05) is 5.73 Å². The van der Waals surface area contributed by atoms with Gasteiger partial charge in [-0.2, -0.15) is 13.2 Å².